The monoisotopic (exact) mass is 428 g/mol. The number of imidazole rings is 1. The van der Waals surface area contributed by atoms with Gasteiger partial charge in [-0.1, -0.05) is 36.7 Å². The van der Waals surface area contributed by atoms with E-state index in [4.69, 9.17) is 4.98 Å². The largest absolute Gasteiger partial charge is 0.342 e. The third-order valence-electron chi connectivity index (χ3n) is 6.38. The van der Waals surface area contributed by atoms with Crippen LogP contribution in [0.2, 0.25) is 0 Å². The van der Waals surface area contributed by atoms with Crippen LogP contribution in [0.15, 0.2) is 29.4 Å². The number of nitrogens with zero attached hydrogens (tertiary/aromatic N) is 4. The van der Waals surface area contributed by atoms with Gasteiger partial charge in [0.05, 0.1) is 16.8 Å². The summed E-state index contributed by atoms with van der Waals surface area (Å²) in [5.41, 5.74) is 2.09. The molecule has 1 aromatic heterocycles. The molecule has 2 aliphatic heterocycles. The molecule has 7 heteroatoms. The van der Waals surface area contributed by atoms with Gasteiger partial charge in [-0.2, -0.15) is 0 Å². The van der Waals surface area contributed by atoms with Gasteiger partial charge in [0.15, 0.2) is 5.16 Å². The van der Waals surface area contributed by atoms with Crippen LogP contribution in [0.4, 0.5) is 0 Å². The molecule has 0 aliphatic carbocycles. The average molecular weight is 429 g/mol. The van der Waals surface area contributed by atoms with Gasteiger partial charge in [0, 0.05) is 38.6 Å². The van der Waals surface area contributed by atoms with E-state index in [0.29, 0.717) is 24.7 Å². The number of piperidine rings is 1. The Labute approximate surface area is 183 Å². The predicted molar refractivity (Wildman–Crippen MR) is 120 cm³/mol. The zero-order valence-corrected chi connectivity index (χ0v) is 18.7. The summed E-state index contributed by atoms with van der Waals surface area (Å²) in [6.45, 7) is 6.13. The van der Waals surface area contributed by atoms with E-state index in [-0.39, 0.29) is 11.8 Å². The van der Waals surface area contributed by atoms with Crippen molar-refractivity contribution in [2.45, 2.75) is 57.1 Å². The lowest BCUT2D eigenvalue weighted by Crippen LogP contribution is -2.45. The zero-order valence-electron chi connectivity index (χ0n) is 17.9. The Morgan fingerprint density at radius 3 is 2.40 bits per heavy atom. The van der Waals surface area contributed by atoms with Gasteiger partial charge in [-0.25, -0.2) is 4.98 Å². The second-order valence-electron chi connectivity index (χ2n) is 8.31. The molecule has 2 amide bonds. The molecule has 3 heterocycles. The second kappa shape index (κ2) is 9.86. The van der Waals surface area contributed by atoms with E-state index in [0.717, 1.165) is 61.5 Å². The molecule has 0 atom stereocenters. The van der Waals surface area contributed by atoms with Crippen LogP contribution in [0.1, 0.15) is 45.4 Å². The summed E-state index contributed by atoms with van der Waals surface area (Å²) in [4.78, 5) is 34.3. The number of carbonyl (C=O) groups is 2. The molecule has 0 radical (unpaired) electrons. The molecule has 0 spiro atoms. The molecule has 0 N–H and O–H groups in total. The van der Waals surface area contributed by atoms with Gasteiger partial charge >= 0.3 is 0 Å². The summed E-state index contributed by atoms with van der Waals surface area (Å²) < 4.78 is 2.17. The Balaban J connectivity index is 1.29. The third-order valence-corrected chi connectivity index (χ3v) is 7.34. The van der Waals surface area contributed by atoms with Gasteiger partial charge in [-0.05, 0) is 44.7 Å². The maximum absolute atomic E-state index is 12.9. The summed E-state index contributed by atoms with van der Waals surface area (Å²) in [7, 11) is 0. The minimum absolute atomic E-state index is 0.0871. The molecule has 0 saturated carbocycles. The Hall–Kier alpha value is -2.02. The number of para-hydroxylation sites is 2. The normalized spacial score (nSPS) is 18.6. The minimum Gasteiger partial charge on any atom is -0.342 e. The van der Waals surface area contributed by atoms with Crippen molar-refractivity contribution in [3.8, 4) is 0 Å². The van der Waals surface area contributed by atoms with Crippen molar-refractivity contribution >= 4 is 34.6 Å². The number of fused-ring (bicyclic) bond motifs is 1. The van der Waals surface area contributed by atoms with Crippen molar-refractivity contribution in [1.29, 1.82) is 0 Å². The van der Waals surface area contributed by atoms with E-state index < -0.39 is 0 Å². The number of hydrogen-bond acceptors (Lipinski definition) is 4. The number of hydrogen-bond donors (Lipinski definition) is 0. The van der Waals surface area contributed by atoms with Crippen LogP contribution in [-0.4, -0.2) is 63.1 Å². The maximum atomic E-state index is 12.9. The van der Waals surface area contributed by atoms with Crippen molar-refractivity contribution in [3.63, 3.8) is 0 Å². The molecule has 162 valence electrons. The van der Waals surface area contributed by atoms with E-state index in [1.807, 2.05) is 23.1 Å². The van der Waals surface area contributed by atoms with Crippen LogP contribution in [0, 0.1) is 5.92 Å². The Kier molecular flexibility index (Phi) is 6.97. The molecule has 2 fully saturated rings. The van der Waals surface area contributed by atoms with Crippen LogP contribution in [0.25, 0.3) is 11.0 Å². The van der Waals surface area contributed by atoms with Crippen LogP contribution in [-0.2, 0) is 16.1 Å². The molecule has 0 unspecified atom stereocenters. The summed E-state index contributed by atoms with van der Waals surface area (Å²) >= 11 is 1.52. The molecular formula is C23H32N4O2S. The number of carbonyl (C=O) groups excluding carboxylic acids is 2. The van der Waals surface area contributed by atoms with Crippen LogP contribution in [0.5, 0.6) is 0 Å². The SMILES string of the molecule is CCn1c(SCC(=O)N2CCC(C(=O)N3CCCCCC3)CC2)nc2ccccc21. The molecule has 2 saturated heterocycles. The van der Waals surface area contributed by atoms with E-state index in [1.54, 1.807) is 0 Å². The first kappa shape index (κ1) is 21.2. The highest BCUT2D eigenvalue weighted by Gasteiger charge is 2.30. The van der Waals surface area contributed by atoms with Gasteiger partial charge in [0.2, 0.25) is 11.8 Å². The molecule has 0 bridgehead atoms. The Morgan fingerprint density at radius 1 is 1.00 bits per heavy atom. The highest BCUT2D eigenvalue weighted by atomic mass is 32.2. The first-order valence-corrected chi connectivity index (χ1v) is 12.3. The van der Waals surface area contributed by atoms with Gasteiger partial charge in [0.1, 0.15) is 0 Å². The lowest BCUT2D eigenvalue weighted by molar-refractivity contribution is -0.139. The molecular weight excluding hydrogens is 396 g/mol. The lowest BCUT2D eigenvalue weighted by atomic mass is 9.95. The number of aryl methyl sites for hydroxylation is 1. The van der Waals surface area contributed by atoms with E-state index in [1.165, 1.54) is 24.6 Å². The fourth-order valence-electron chi connectivity index (χ4n) is 4.61. The first-order chi connectivity index (χ1) is 14.7. The minimum atomic E-state index is 0.0871. The third kappa shape index (κ3) is 4.66. The molecule has 1 aromatic carbocycles. The van der Waals surface area contributed by atoms with Crippen LogP contribution >= 0.6 is 11.8 Å². The summed E-state index contributed by atoms with van der Waals surface area (Å²) in [6.07, 6.45) is 6.31. The summed E-state index contributed by atoms with van der Waals surface area (Å²) in [6, 6.07) is 8.10. The van der Waals surface area contributed by atoms with E-state index in [9.17, 15) is 9.59 Å². The molecule has 4 rings (SSSR count). The fraction of sp³-hybridized carbons (Fsp3) is 0.609. The highest BCUT2D eigenvalue weighted by molar-refractivity contribution is 7.99. The lowest BCUT2D eigenvalue weighted by Gasteiger charge is -2.34. The smallest absolute Gasteiger partial charge is 0.233 e. The van der Waals surface area contributed by atoms with Gasteiger partial charge in [-0.3, -0.25) is 9.59 Å². The zero-order chi connectivity index (χ0) is 20.9. The topological polar surface area (TPSA) is 58.4 Å². The standard InChI is InChI=1S/C23H32N4O2S/c1-2-27-20-10-6-5-9-19(20)24-23(27)30-17-21(28)25-15-11-18(12-16-25)22(29)26-13-7-3-4-8-14-26/h5-6,9-10,18H,2-4,7-8,11-17H2,1H3. The van der Waals surface area contributed by atoms with Crippen molar-refractivity contribution in [2.75, 3.05) is 31.9 Å². The fourth-order valence-corrected chi connectivity index (χ4v) is 5.59. The van der Waals surface area contributed by atoms with Crippen molar-refractivity contribution in [1.82, 2.24) is 19.4 Å². The van der Waals surface area contributed by atoms with Gasteiger partial charge < -0.3 is 14.4 Å². The Morgan fingerprint density at radius 2 is 1.70 bits per heavy atom. The quantitative estimate of drug-likeness (QED) is 0.680. The molecule has 2 aliphatic rings. The summed E-state index contributed by atoms with van der Waals surface area (Å²) in [5, 5.41) is 0.901. The number of benzene rings is 1. The maximum Gasteiger partial charge on any atom is 0.233 e. The molecule has 2 aromatic rings. The van der Waals surface area contributed by atoms with Crippen LogP contribution in [0.3, 0.4) is 0 Å². The summed E-state index contributed by atoms with van der Waals surface area (Å²) in [5.74, 6) is 0.947. The van der Waals surface area contributed by atoms with E-state index in [2.05, 4.69) is 22.5 Å². The molecule has 30 heavy (non-hydrogen) atoms. The predicted octanol–water partition coefficient (Wildman–Crippen LogP) is 3.79. The van der Waals surface area contributed by atoms with E-state index >= 15 is 0 Å². The Bertz CT molecular complexity index is 880. The highest BCUT2D eigenvalue weighted by Crippen LogP contribution is 2.26. The first-order valence-electron chi connectivity index (χ1n) is 11.3. The van der Waals surface area contributed by atoms with Crippen LogP contribution < -0.4 is 0 Å². The number of likely N-dealkylation sites (tertiary alicyclic amines) is 2. The van der Waals surface area contributed by atoms with Gasteiger partial charge in [-0.15, -0.1) is 0 Å². The van der Waals surface area contributed by atoms with Crippen molar-refractivity contribution in [3.05, 3.63) is 24.3 Å². The average Bonchev–Trinajstić information content (AvgIpc) is 2.94. The number of thioether (sulfide) groups is 1. The molecule has 6 nitrogen and oxygen atoms in total. The number of amides is 2. The van der Waals surface area contributed by atoms with Crippen molar-refractivity contribution < 1.29 is 9.59 Å². The number of rotatable bonds is 5. The second-order valence-corrected chi connectivity index (χ2v) is 9.25. The van der Waals surface area contributed by atoms with Gasteiger partial charge in [0.25, 0.3) is 0 Å². The number of aromatic nitrogens is 2. The van der Waals surface area contributed by atoms with Crippen molar-refractivity contribution in [2.24, 2.45) is 5.92 Å².